The van der Waals surface area contributed by atoms with Crippen molar-refractivity contribution in [1.29, 1.82) is 0 Å². The first kappa shape index (κ1) is 41.2. The number of morpholine rings is 1. The number of methoxy groups -OCH3 is 3. The lowest BCUT2D eigenvalue weighted by Gasteiger charge is -2.32. The van der Waals surface area contributed by atoms with Crippen molar-refractivity contribution >= 4 is 34.5 Å². The predicted octanol–water partition coefficient (Wildman–Crippen LogP) is -0.438. The fraction of sp³-hybridized carbons (Fsp3) is 1.00. The van der Waals surface area contributed by atoms with Crippen LogP contribution in [0.25, 0.3) is 0 Å². The Bertz CT molecular complexity index is 1100. The summed E-state index contributed by atoms with van der Waals surface area (Å²) in [6.07, 6.45) is -2.09. The van der Waals surface area contributed by atoms with E-state index in [9.17, 15) is 28.4 Å². The molecule has 21 heteroatoms. The number of hydrogen-bond donors (Lipinski definition) is 1. The molecule has 6 saturated heterocycles. The van der Waals surface area contributed by atoms with Crippen molar-refractivity contribution in [1.82, 2.24) is 5.32 Å². The average Bonchev–Trinajstić information content (AvgIpc) is 3.71. The molecule has 17 nitrogen and oxygen atoms in total. The Morgan fingerprint density at radius 2 is 1.19 bits per heavy atom. The Hall–Kier alpha value is 0.480. The van der Waals surface area contributed by atoms with Crippen molar-refractivity contribution in [2.24, 2.45) is 0 Å². The van der Waals surface area contributed by atoms with Crippen LogP contribution in [-0.2, 0) is 60.4 Å². The molecule has 0 aliphatic carbocycles. The molecule has 0 aromatic rings. The van der Waals surface area contributed by atoms with Crippen LogP contribution in [0.1, 0.15) is 20.8 Å². The average molecular weight is 769 g/mol. The molecule has 6 aliphatic heterocycles. The number of hydrogen-bond acceptors (Lipinski definition) is 18. The van der Waals surface area contributed by atoms with Gasteiger partial charge in [-0.2, -0.15) is 0 Å². The molecular weight excluding hydrogens is 719 g/mol. The Kier molecular flexibility index (Phi) is 13.3. The van der Waals surface area contributed by atoms with Gasteiger partial charge in [-0.25, -0.2) is 0 Å². The third kappa shape index (κ3) is 9.15. The van der Waals surface area contributed by atoms with E-state index in [1.807, 2.05) is 20.8 Å². The van der Waals surface area contributed by atoms with E-state index in [2.05, 4.69) is 5.32 Å². The van der Waals surface area contributed by atoms with E-state index >= 15 is 0 Å². The molecule has 6 unspecified atom stereocenters. The molecule has 0 radical (unpaired) electrons. The van der Waals surface area contributed by atoms with Gasteiger partial charge in [0.25, 0.3) is 0 Å². The van der Waals surface area contributed by atoms with Crippen LogP contribution in [0.5, 0.6) is 0 Å². The Morgan fingerprint density at radius 1 is 0.708 bits per heavy atom. The summed E-state index contributed by atoms with van der Waals surface area (Å²) in [5.41, 5.74) is -2.05. The van der Waals surface area contributed by atoms with Gasteiger partial charge in [0.05, 0.1) is 56.0 Å². The first-order valence-corrected chi connectivity index (χ1v) is 22.5. The van der Waals surface area contributed by atoms with Gasteiger partial charge in [-0.15, -0.1) is 11.8 Å². The van der Waals surface area contributed by atoms with E-state index in [1.54, 1.807) is 26.0 Å². The summed E-state index contributed by atoms with van der Waals surface area (Å²) in [5, 5.41) is 3.30. The van der Waals surface area contributed by atoms with Gasteiger partial charge in [0.15, 0.2) is 0 Å². The smallest absolute Gasteiger partial charge is 0.144 e. The minimum Gasteiger partial charge on any atom is -0.779 e. The molecule has 15 atom stereocenters. The van der Waals surface area contributed by atoms with E-state index in [1.165, 1.54) is 7.11 Å². The normalized spacial score (nSPS) is 45.9. The molecule has 6 aliphatic rings. The molecule has 0 aromatic heterocycles. The molecule has 1 N–H and O–H groups in total. The van der Waals surface area contributed by atoms with Crippen LogP contribution in [0.2, 0.25) is 0 Å². The second-order valence-corrected chi connectivity index (χ2v) is 19.7. The fourth-order valence-electron chi connectivity index (χ4n) is 7.35. The highest BCUT2D eigenvalue weighted by atomic mass is 32.2. The van der Waals surface area contributed by atoms with Crippen molar-refractivity contribution in [2.75, 3.05) is 80.0 Å². The Balaban J connectivity index is 0.000000163. The summed E-state index contributed by atoms with van der Waals surface area (Å²) < 4.78 is 87.2. The van der Waals surface area contributed by atoms with Gasteiger partial charge >= 0.3 is 0 Å². The maximum Gasteiger partial charge on any atom is 0.144 e. The maximum atomic E-state index is 11.3. The molecule has 0 saturated carbocycles. The van der Waals surface area contributed by atoms with Gasteiger partial charge < -0.3 is 80.4 Å². The van der Waals surface area contributed by atoms with E-state index < -0.39 is 57.9 Å². The standard InChI is InChI=1S/C9H18NO5P.C9H17O6P.C9H17O5PS/c1-6-7-8(15-16(3,11)12)9(14-6,4-10-7)5-13-2;1-6-7-8(15-16(3,10)11)9(14-6,4-12-2)5-13-7;1-6-7-8(14-15(3,10)11)9(13-6,4-12-2)5-16-7/h6-8,10H,4-5H2,1-3H3,(H,11,12);2*6-8H,4-5H2,1-3H3,(H,10,11)/p-3/t6-,7+,8?,9+;2*6-,7+,8?,9-/m000/s1. The lowest BCUT2D eigenvalue weighted by molar-refractivity contribution is -0.207. The summed E-state index contributed by atoms with van der Waals surface area (Å²) in [6, 6.07) is -0.0858. The van der Waals surface area contributed by atoms with Crippen molar-refractivity contribution in [2.45, 2.75) is 91.6 Å². The highest BCUT2D eigenvalue weighted by Gasteiger charge is 2.63. The second-order valence-electron chi connectivity index (χ2n) is 13.3. The van der Waals surface area contributed by atoms with Crippen molar-refractivity contribution in [3.8, 4) is 0 Å². The van der Waals surface area contributed by atoms with E-state index in [0.717, 1.165) is 25.7 Å². The second kappa shape index (κ2) is 15.5. The molecule has 0 spiro atoms. The largest absolute Gasteiger partial charge is 0.779 e. The van der Waals surface area contributed by atoms with Crippen molar-refractivity contribution < 1.29 is 75.1 Å². The Morgan fingerprint density at radius 3 is 1.69 bits per heavy atom. The van der Waals surface area contributed by atoms with Crippen LogP contribution < -0.4 is 20.0 Å². The first-order chi connectivity index (χ1) is 22.1. The fourth-order valence-corrected chi connectivity index (χ4v) is 11.2. The minimum atomic E-state index is -3.81. The quantitative estimate of drug-likeness (QED) is 0.249. The van der Waals surface area contributed by atoms with E-state index in [-0.39, 0.29) is 42.3 Å². The van der Waals surface area contributed by atoms with Crippen molar-refractivity contribution in [3.05, 3.63) is 0 Å². The molecule has 282 valence electrons. The molecule has 6 heterocycles. The van der Waals surface area contributed by atoms with Crippen LogP contribution in [-0.4, -0.2) is 151 Å². The number of thioether (sulfide) groups is 1. The first-order valence-electron chi connectivity index (χ1n) is 15.5. The minimum absolute atomic E-state index is 0.00505. The lowest BCUT2D eigenvalue weighted by Crippen LogP contribution is -2.47. The van der Waals surface area contributed by atoms with E-state index in [0.29, 0.717) is 26.4 Å². The van der Waals surface area contributed by atoms with Crippen LogP contribution in [0.15, 0.2) is 0 Å². The zero-order valence-electron chi connectivity index (χ0n) is 28.7. The zero-order valence-corrected chi connectivity index (χ0v) is 32.2. The lowest BCUT2D eigenvalue weighted by atomic mass is 10.00. The molecule has 0 amide bonds. The van der Waals surface area contributed by atoms with Gasteiger partial charge in [0.1, 0.15) is 64.0 Å². The Labute approximate surface area is 286 Å². The molecule has 6 bridgehead atoms. The van der Waals surface area contributed by atoms with Crippen LogP contribution in [0.3, 0.4) is 0 Å². The summed E-state index contributed by atoms with van der Waals surface area (Å²) >= 11 is 1.70. The number of fused-ring (bicyclic) bond motifs is 6. The van der Waals surface area contributed by atoms with Crippen LogP contribution >= 0.6 is 34.5 Å². The number of nitrogens with one attached hydrogen (secondary N) is 1. The highest BCUT2D eigenvalue weighted by Crippen LogP contribution is 2.53. The van der Waals surface area contributed by atoms with Crippen LogP contribution in [0, 0.1) is 0 Å². The number of ether oxygens (including phenoxy) is 7. The van der Waals surface area contributed by atoms with Gasteiger partial charge in [-0.05, 0) is 20.8 Å². The van der Waals surface area contributed by atoms with Gasteiger partial charge in [0.2, 0.25) is 0 Å². The third-order valence-electron chi connectivity index (χ3n) is 8.93. The summed E-state index contributed by atoms with van der Waals surface area (Å²) in [4.78, 5) is 33.7. The summed E-state index contributed by atoms with van der Waals surface area (Å²) in [7, 11) is -6.64. The topological polar surface area (TPSA) is 225 Å². The maximum absolute atomic E-state index is 11.3. The molecule has 6 rings (SSSR count). The van der Waals surface area contributed by atoms with Crippen LogP contribution in [0.4, 0.5) is 0 Å². The highest BCUT2D eigenvalue weighted by molar-refractivity contribution is 8.00. The van der Waals surface area contributed by atoms with Crippen molar-refractivity contribution in [3.63, 3.8) is 0 Å². The molecule has 6 fully saturated rings. The summed E-state index contributed by atoms with van der Waals surface area (Å²) in [5.74, 6) is 0.723. The predicted molar refractivity (Wildman–Crippen MR) is 168 cm³/mol. The zero-order chi connectivity index (χ0) is 35.9. The summed E-state index contributed by atoms with van der Waals surface area (Å²) in [6.45, 7) is 10.7. The molecule has 48 heavy (non-hydrogen) atoms. The third-order valence-corrected chi connectivity index (χ3v) is 12.4. The van der Waals surface area contributed by atoms with Gasteiger partial charge in [-0.1, -0.05) is 0 Å². The van der Waals surface area contributed by atoms with Gasteiger partial charge in [-0.3, -0.25) is 0 Å². The van der Waals surface area contributed by atoms with Gasteiger partial charge in [0, 0.05) is 53.6 Å². The molecule has 0 aromatic carbocycles. The monoisotopic (exact) mass is 768 g/mol. The van der Waals surface area contributed by atoms with E-state index in [4.69, 9.17) is 46.7 Å². The molecular formula is C27H49NO16P3S-3. The SMILES string of the molecule is COC[C@]12CN[C@@H](C1OP(C)(=O)[O-])[C@H](C)O2.COC[C@]12CO[C@@H](C1OP(C)(=O)[O-])[C@H](C)O2.COC[C@]12CS[C@@H](C1OP(C)(=O)[O-])[C@H](C)O2. The number of rotatable bonds is 12.